The molecule has 0 N–H and O–H groups in total. The Morgan fingerprint density at radius 3 is 1.91 bits per heavy atom. The van der Waals surface area contributed by atoms with E-state index >= 15 is 0 Å². The van der Waals surface area contributed by atoms with Crippen LogP contribution in [0.4, 0.5) is 11.5 Å². The van der Waals surface area contributed by atoms with E-state index in [-0.39, 0.29) is 5.54 Å². The van der Waals surface area contributed by atoms with Crippen molar-refractivity contribution in [1.29, 1.82) is 0 Å². The molecule has 4 bridgehead atoms. The number of hydrogen-bond donors (Lipinski definition) is 0. The van der Waals surface area contributed by atoms with Crippen LogP contribution in [0.25, 0.3) is 0 Å². The van der Waals surface area contributed by atoms with E-state index in [1.54, 1.807) is 11.6 Å². The van der Waals surface area contributed by atoms with E-state index in [9.17, 15) is 20.2 Å². The molecule has 0 atom stereocenters. The minimum absolute atomic E-state index is 0.238. The van der Waals surface area contributed by atoms with Gasteiger partial charge in [-0.3, -0.25) is 10.1 Å². The van der Waals surface area contributed by atoms with Crippen molar-refractivity contribution < 1.29 is 9.85 Å². The second-order valence-corrected chi connectivity index (χ2v) is 7.33. The van der Waals surface area contributed by atoms with Crippen molar-refractivity contribution in [3.63, 3.8) is 0 Å². The van der Waals surface area contributed by atoms with Crippen molar-refractivity contribution in [3.05, 3.63) is 25.9 Å². The third-order valence-corrected chi connectivity index (χ3v) is 5.88. The van der Waals surface area contributed by atoms with Gasteiger partial charge in [0, 0.05) is 0 Å². The normalized spacial score (nSPS) is 35.8. The minimum Gasteiger partial charge on any atom is -0.358 e. The summed E-state index contributed by atoms with van der Waals surface area (Å²) in [6.45, 7) is 1.59. The van der Waals surface area contributed by atoms with Crippen molar-refractivity contribution in [3.8, 4) is 0 Å². The number of aromatic nitrogens is 2. The monoisotopic (exact) mass is 306 g/mol. The molecule has 0 saturated heterocycles. The molecule has 1 aromatic heterocycles. The van der Waals surface area contributed by atoms with Gasteiger partial charge in [-0.1, -0.05) is 0 Å². The second-order valence-electron chi connectivity index (χ2n) is 7.33. The molecule has 4 fully saturated rings. The zero-order valence-electron chi connectivity index (χ0n) is 12.4. The second kappa shape index (κ2) is 4.27. The molecule has 0 spiro atoms. The van der Waals surface area contributed by atoms with Gasteiger partial charge in [0.2, 0.25) is 0 Å². The lowest BCUT2D eigenvalue weighted by Crippen LogP contribution is -2.52. The summed E-state index contributed by atoms with van der Waals surface area (Å²) in [6, 6.07) is 0. The van der Waals surface area contributed by atoms with Crippen LogP contribution in [0.15, 0.2) is 0 Å². The third kappa shape index (κ3) is 1.72. The molecule has 1 aromatic rings. The summed E-state index contributed by atoms with van der Waals surface area (Å²) in [7, 11) is 0. The van der Waals surface area contributed by atoms with E-state index in [0.29, 0.717) is 23.4 Å². The Balaban J connectivity index is 1.85. The summed E-state index contributed by atoms with van der Waals surface area (Å²) in [5, 5.41) is 26.5. The molecule has 1 heterocycles. The molecule has 4 saturated carbocycles. The van der Waals surface area contributed by atoms with Gasteiger partial charge in [-0.05, 0) is 68.1 Å². The average molecular weight is 306 g/mol. The van der Waals surface area contributed by atoms with Crippen LogP contribution in [0, 0.1) is 44.9 Å². The molecular weight excluding hydrogens is 288 g/mol. The fourth-order valence-electron chi connectivity index (χ4n) is 5.60. The smallest absolute Gasteiger partial charge is 0.358 e. The highest BCUT2D eigenvalue weighted by Crippen LogP contribution is 2.59. The Kier molecular flexibility index (Phi) is 2.65. The number of hydrogen-bond acceptors (Lipinski definition) is 5. The minimum atomic E-state index is -0.734. The molecule has 8 nitrogen and oxygen atoms in total. The van der Waals surface area contributed by atoms with Gasteiger partial charge in [-0.2, -0.15) is 4.68 Å². The van der Waals surface area contributed by atoms with Gasteiger partial charge in [0.1, 0.15) is 5.69 Å². The van der Waals surface area contributed by atoms with Crippen molar-refractivity contribution in [2.45, 2.75) is 51.0 Å². The summed E-state index contributed by atoms with van der Waals surface area (Å²) >= 11 is 0. The molecule has 0 aromatic carbocycles. The van der Waals surface area contributed by atoms with Gasteiger partial charge >= 0.3 is 11.5 Å². The number of rotatable bonds is 3. The van der Waals surface area contributed by atoms with Gasteiger partial charge < -0.3 is 10.1 Å². The first-order valence-electron chi connectivity index (χ1n) is 7.78. The van der Waals surface area contributed by atoms with Gasteiger partial charge in [0.15, 0.2) is 0 Å². The van der Waals surface area contributed by atoms with Crippen LogP contribution in [-0.2, 0) is 5.54 Å². The third-order valence-electron chi connectivity index (χ3n) is 5.88. The largest absolute Gasteiger partial charge is 0.468 e. The van der Waals surface area contributed by atoms with Crippen LogP contribution < -0.4 is 0 Å². The van der Waals surface area contributed by atoms with Crippen molar-refractivity contribution in [2.75, 3.05) is 0 Å². The van der Waals surface area contributed by atoms with Crippen molar-refractivity contribution >= 4 is 11.5 Å². The predicted octanol–water partition coefficient (Wildman–Crippen LogP) is 2.93. The Morgan fingerprint density at radius 2 is 1.55 bits per heavy atom. The van der Waals surface area contributed by atoms with E-state index in [4.69, 9.17) is 0 Å². The van der Waals surface area contributed by atoms with E-state index in [1.807, 2.05) is 0 Å². The maximum absolute atomic E-state index is 11.2. The standard InChI is InChI=1S/C14H18N4O4/c1-8-12(17(19)20)13(18(21)22)15-16(8)14-5-9-2-10(6-14)4-11(3-9)7-14/h9-11H,2-7H2,1H3. The molecule has 0 aliphatic heterocycles. The van der Waals surface area contributed by atoms with Crippen LogP contribution in [0.5, 0.6) is 0 Å². The van der Waals surface area contributed by atoms with Crippen LogP contribution in [0.3, 0.4) is 0 Å². The van der Waals surface area contributed by atoms with Gasteiger partial charge in [0.25, 0.3) is 0 Å². The van der Waals surface area contributed by atoms with Gasteiger partial charge in [0.05, 0.1) is 15.6 Å². The molecular formula is C14H18N4O4. The number of nitrogens with zero attached hydrogens (tertiary/aromatic N) is 4. The summed E-state index contributed by atoms with van der Waals surface area (Å²) in [4.78, 5) is 21.0. The molecule has 8 heteroatoms. The fraction of sp³-hybridized carbons (Fsp3) is 0.786. The maximum atomic E-state index is 11.2. The summed E-state index contributed by atoms with van der Waals surface area (Å²) in [5.74, 6) is 1.33. The van der Waals surface area contributed by atoms with Crippen LogP contribution in [0.1, 0.15) is 44.2 Å². The summed E-state index contributed by atoms with van der Waals surface area (Å²) in [5.41, 5.74) is -0.350. The molecule has 5 rings (SSSR count). The van der Waals surface area contributed by atoms with Crippen LogP contribution in [-0.4, -0.2) is 19.6 Å². The van der Waals surface area contributed by atoms with Crippen molar-refractivity contribution in [2.24, 2.45) is 17.8 Å². The summed E-state index contributed by atoms with van der Waals surface area (Å²) in [6.07, 6.45) is 6.58. The first-order valence-corrected chi connectivity index (χ1v) is 7.78. The molecule has 0 unspecified atom stereocenters. The van der Waals surface area contributed by atoms with E-state index in [1.165, 1.54) is 19.3 Å². The lowest BCUT2D eigenvalue weighted by atomic mass is 9.53. The Hall–Kier alpha value is -1.99. The molecule has 118 valence electrons. The average Bonchev–Trinajstić information content (AvgIpc) is 2.75. The lowest BCUT2D eigenvalue weighted by molar-refractivity contribution is -0.424. The Labute approximate surface area is 126 Å². The fourth-order valence-corrected chi connectivity index (χ4v) is 5.60. The molecule has 0 radical (unpaired) electrons. The van der Waals surface area contributed by atoms with Gasteiger partial charge in [-0.25, -0.2) is 0 Å². The molecule has 4 aliphatic carbocycles. The predicted molar refractivity (Wildman–Crippen MR) is 76.4 cm³/mol. The zero-order chi connectivity index (χ0) is 15.6. The van der Waals surface area contributed by atoms with Crippen LogP contribution in [0.2, 0.25) is 0 Å². The first kappa shape index (κ1) is 13.7. The van der Waals surface area contributed by atoms with E-state index < -0.39 is 21.4 Å². The highest BCUT2D eigenvalue weighted by molar-refractivity contribution is 5.51. The Bertz CT molecular complexity index is 645. The summed E-state index contributed by atoms with van der Waals surface area (Å²) < 4.78 is 1.65. The van der Waals surface area contributed by atoms with E-state index in [2.05, 4.69) is 5.10 Å². The molecule has 0 amide bonds. The number of nitro groups is 2. The highest BCUT2D eigenvalue weighted by Gasteiger charge is 2.55. The van der Waals surface area contributed by atoms with Crippen molar-refractivity contribution in [1.82, 2.24) is 9.78 Å². The van der Waals surface area contributed by atoms with Crippen LogP contribution >= 0.6 is 0 Å². The lowest BCUT2D eigenvalue weighted by Gasteiger charge is -2.55. The topological polar surface area (TPSA) is 104 Å². The highest BCUT2D eigenvalue weighted by atomic mass is 16.6. The van der Waals surface area contributed by atoms with Gasteiger partial charge in [-0.15, -0.1) is 0 Å². The molecule has 22 heavy (non-hydrogen) atoms. The molecule has 4 aliphatic rings. The Morgan fingerprint density at radius 1 is 1.05 bits per heavy atom. The van der Waals surface area contributed by atoms with E-state index in [0.717, 1.165) is 19.3 Å². The SMILES string of the molecule is Cc1c([N+](=O)[O-])c([N+](=O)[O-])nn1C12CC3CC(CC(C3)C1)C2. The quantitative estimate of drug-likeness (QED) is 0.630. The first-order chi connectivity index (χ1) is 10.4. The zero-order valence-corrected chi connectivity index (χ0v) is 12.4. The maximum Gasteiger partial charge on any atom is 0.468 e.